The lowest BCUT2D eigenvalue weighted by Gasteiger charge is -2.09. The van der Waals surface area contributed by atoms with E-state index >= 15 is 0 Å². The Morgan fingerprint density at radius 2 is 2.06 bits per heavy atom. The number of carbonyl (C=O) groups excluding carboxylic acids is 1. The van der Waals surface area contributed by atoms with Crippen LogP contribution in [0, 0.1) is 6.92 Å². The Morgan fingerprint density at radius 1 is 1.28 bits per heavy atom. The molecule has 1 amide bonds. The topological polar surface area (TPSA) is 58.6 Å². The van der Waals surface area contributed by atoms with Gasteiger partial charge in [-0.1, -0.05) is 18.2 Å². The summed E-state index contributed by atoms with van der Waals surface area (Å²) < 4.78 is 5.42. The van der Waals surface area contributed by atoms with Crippen LogP contribution in [0.15, 0.2) is 24.3 Å². The second kappa shape index (κ2) is 8.53. The smallest absolute Gasteiger partial charge is 0.257 e. The maximum atomic E-state index is 11.5. The molecule has 100 valence electrons. The zero-order valence-electron chi connectivity index (χ0n) is 10.8. The van der Waals surface area contributed by atoms with Gasteiger partial charge in [-0.05, 0) is 37.8 Å². The Kier molecular flexibility index (Phi) is 6.87. The zero-order valence-corrected chi connectivity index (χ0v) is 10.8. The van der Waals surface area contributed by atoms with Gasteiger partial charge in [-0.2, -0.15) is 0 Å². The van der Waals surface area contributed by atoms with E-state index in [0.29, 0.717) is 6.54 Å². The van der Waals surface area contributed by atoms with Crippen LogP contribution >= 0.6 is 0 Å². The molecule has 0 atom stereocenters. The molecule has 0 bridgehead atoms. The molecule has 1 aromatic rings. The molecule has 4 heteroatoms. The van der Waals surface area contributed by atoms with E-state index in [2.05, 4.69) is 5.32 Å². The number of carbonyl (C=O) groups is 1. The Balaban J connectivity index is 2.15. The van der Waals surface area contributed by atoms with Gasteiger partial charge < -0.3 is 15.2 Å². The van der Waals surface area contributed by atoms with Gasteiger partial charge in [0, 0.05) is 13.2 Å². The molecule has 0 unspecified atom stereocenters. The summed E-state index contributed by atoms with van der Waals surface area (Å²) in [4.78, 5) is 11.5. The van der Waals surface area contributed by atoms with E-state index in [1.165, 1.54) is 0 Å². The quantitative estimate of drug-likeness (QED) is 0.691. The molecule has 0 fully saturated rings. The maximum absolute atomic E-state index is 11.5. The SMILES string of the molecule is Cc1ccccc1OCC(=O)NCCCCCO. The van der Waals surface area contributed by atoms with Crippen LogP contribution in [-0.4, -0.2) is 30.8 Å². The number of rotatable bonds is 8. The van der Waals surface area contributed by atoms with Crippen molar-refractivity contribution in [3.05, 3.63) is 29.8 Å². The standard InChI is InChI=1S/C14H21NO3/c1-12-7-3-4-8-13(12)18-11-14(17)15-9-5-2-6-10-16/h3-4,7-8,16H,2,5-6,9-11H2,1H3,(H,15,17). The predicted octanol–water partition coefficient (Wildman–Crippen LogP) is 1.65. The van der Waals surface area contributed by atoms with E-state index in [1.807, 2.05) is 31.2 Å². The molecule has 0 aliphatic heterocycles. The molecule has 18 heavy (non-hydrogen) atoms. The highest BCUT2D eigenvalue weighted by Gasteiger charge is 2.03. The van der Waals surface area contributed by atoms with Crippen molar-refractivity contribution in [1.82, 2.24) is 5.32 Å². The summed E-state index contributed by atoms with van der Waals surface area (Å²) in [5, 5.41) is 11.4. The molecule has 0 radical (unpaired) electrons. The van der Waals surface area contributed by atoms with Crippen LogP contribution in [0.25, 0.3) is 0 Å². The molecule has 0 aliphatic carbocycles. The molecule has 1 rings (SSSR count). The Morgan fingerprint density at radius 3 is 2.78 bits per heavy atom. The minimum absolute atomic E-state index is 0.0465. The van der Waals surface area contributed by atoms with Gasteiger partial charge in [-0.25, -0.2) is 0 Å². The van der Waals surface area contributed by atoms with E-state index in [-0.39, 0.29) is 19.1 Å². The van der Waals surface area contributed by atoms with E-state index in [0.717, 1.165) is 30.6 Å². The monoisotopic (exact) mass is 251 g/mol. The number of benzene rings is 1. The van der Waals surface area contributed by atoms with Gasteiger partial charge in [0.2, 0.25) is 0 Å². The van der Waals surface area contributed by atoms with Gasteiger partial charge in [0.05, 0.1) is 0 Å². The molecular weight excluding hydrogens is 230 g/mol. The average molecular weight is 251 g/mol. The second-order valence-corrected chi connectivity index (χ2v) is 4.19. The van der Waals surface area contributed by atoms with E-state index in [9.17, 15) is 4.79 Å². The van der Waals surface area contributed by atoms with Gasteiger partial charge in [0.25, 0.3) is 5.91 Å². The number of ether oxygens (including phenoxy) is 1. The fourth-order valence-corrected chi connectivity index (χ4v) is 1.55. The highest BCUT2D eigenvalue weighted by Crippen LogP contribution is 2.15. The van der Waals surface area contributed by atoms with E-state index in [1.54, 1.807) is 0 Å². The molecule has 0 saturated heterocycles. The first-order chi connectivity index (χ1) is 8.74. The van der Waals surface area contributed by atoms with Crippen LogP contribution in [0.4, 0.5) is 0 Å². The summed E-state index contributed by atoms with van der Waals surface area (Å²) in [5.74, 6) is 0.634. The number of nitrogens with one attached hydrogen (secondary N) is 1. The first-order valence-corrected chi connectivity index (χ1v) is 6.30. The van der Waals surface area contributed by atoms with E-state index in [4.69, 9.17) is 9.84 Å². The van der Waals surface area contributed by atoms with Crippen molar-refractivity contribution < 1.29 is 14.6 Å². The third-order valence-corrected chi connectivity index (χ3v) is 2.61. The molecule has 0 aromatic heterocycles. The molecule has 0 saturated carbocycles. The number of aryl methyl sites for hydroxylation is 1. The molecule has 0 aliphatic rings. The summed E-state index contributed by atoms with van der Waals surface area (Å²) in [6.45, 7) is 2.84. The van der Waals surface area contributed by atoms with Crippen LogP contribution in [0.2, 0.25) is 0 Å². The first-order valence-electron chi connectivity index (χ1n) is 6.30. The Bertz CT molecular complexity index is 366. The van der Waals surface area contributed by atoms with Crippen molar-refractivity contribution in [1.29, 1.82) is 0 Å². The average Bonchev–Trinajstić information content (AvgIpc) is 2.37. The van der Waals surface area contributed by atoms with Crippen LogP contribution < -0.4 is 10.1 Å². The lowest BCUT2D eigenvalue weighted by Crippen LogP contribution is -2.29. The summed E-state index contributed by atoms with van der Waals surface area (Å²) in [6.07, 6.45) is 2.60. The maximum Gasteiger partial charge on any atom is 0.257 e. The number of hydrogen-bond donors (Lipinski definition) is 2. The molecule has 0 spiro atoms. The highest BCUT2D eigenvalue weighted by atomic mass is 16.5. The third-order valence-electron chi connectivity index (χ3n) is 2.61. The van der Waals surface area contributed by atoms with Crippen LogP contribution in [-0.2, 0) is 4.79 Å². The lowest BCUT2D eigenvalue weighted by molar-refractivity contribution is -0.123. The minimum Gasteiger partial charge on any atom is -0.484 e. The van der Waals surface area contributed by atoms with Gasteiger partial charge in [-0.3, -0.25) is 4.79 Å². The number of para-hydroxylation sites is 1. The summed E-state index contributed by atoms with van der Waals surface area (Å²) in [6, 6.07) is 7.62. The molecule has 4 nitrogen and oxygen atoms in total. The van der Waals surface area contributed by atoms with Crippen molar-refractivity contribution in [3.63, 3.8) is 0 Å². The van der Waals surface area contributed by atoms with Gasteiger partial charge in [0.1, 0.15) is 5.75 Å². The fourth-order valence-electron chi connectivity index (χ4n) is 1.55. The minimum atomic E-state index is -0.109. The fraction of sp³-hybridized carbons (Fsp3) is 0.500. The van der Waals surface area contributed by atoms with Crippen molar-refractivity contribution in [2.24, 2.45) is 0 Å². The van der Waals surface area contributed by atoms with Crippen molar-refractivity contribution in [2.45, 2.75) is 26.2 Å². The number of unbranched alkanes of at least 4 members (excludes halogenated alkanes) is 2. The molecule has 2 N–H and O–H groups in total. The molecule has 0 heterocycles. The Labute approximate surface area is 108 Å². The predicted molar refractivity (Wildman–Crippen MR) is 70.6 cm³/mol. The van der Waals surface area contributed by atoms with Gasteiger partial charge in [0.15, 0.2) is 6.61 Å². The summed E-state index contributed by atoms with van der Waals surface area (Å²) in [5.41, 5.74) is 1.02. The summed E-state index contributed by atoms with van der Waals surface area (Å²) in [7, 11) is 0. The van der Waals surface area contributed by atoms with Crippen molar-refractivity contribution >= 4 is 5.91 Å². The second-order valence-electron chi connectivity index (χ2n) is 4.19. The van der Waals surface area contributed by atoms with E-state index < -0.39 is 0 Å². The highest BCUT2D eigenvalue weighted by molar-refractivity contribution is 5.77. The normalized spacial score (nSPS) is 10.1. The molecule has 1 aromatic carbocycles. The third kappa shape index (κ3) is 5.68. The Hall–Kier alpha value is -1.55. The molecular formula is C14H21NO3. The van der Waals surface area contributed by atoms with Crippen molar-refractivity contribution in [2.75, 3.05) is 19.8 Å². The van der Waals surface area contributed by atoms with Crippen LogP contribution in [0.5, 0.6) is 5.75 Å². The summed E-state index contributed by atoms with van der Waals surface area (Å²) >= 11 is 0. The van der Waals surface area contributed by atoms with Gasteiger partial charge in [-0.15, -0.1) is 0 Å². The zero-order chi connectivity index (χ0) is 13.2. The van der Waals surface area contributed by atoms with Crippen LogP contribution in [0.1, 0.15) is 24.8 Å². The van der Waals surface area contributed by atoms with Crippen LogP contribution in [0.3, 0.4) is 0 Å². The largest absolute Gasteiger partial charge is 0.484 e. The number of aliphatic hydroxyl groups excluding tert-OH is 1. The van der Waals surface area contributed by atoms with Gasteiger partial charge >= 0.3 is 0 Å². The van der Waals surface area contributed by atoms with Crippen molar-refractivity contribution in [3.8, 4) is 5.75 Å². The number of hydrogen-bond acceptors (Lipinski definition) is 3. The lowest BCUT2D eigenvalue weighted by atomic mass is 10.2. The number of aliphatic hydroxyl groups is 1. The number of amides is 1. The first kappa shape index (κ1) is 14.5.